The van der Waals surface area contributed by atoms with Crippen LogP contribution in [0.4, 0.5) is 0 Å². The van der Waals surface area contributed by atoms with Crippen molar-refractivity contribution >= 4 is 5.91 Å². The van der Waals surface area contributed by atoms with E-state index in [0.717, 1.165) is 12.8 Å². The van der Waals surface area contributed by atoms with Gasteiger partial charge in [0.2, 0.25) is 5.91 Å². The van der Waals surface area contributed by atoms with Gasteiger partial charge in [0.15, 0.2) is 0 Å². The Morgan fingerprint density at radius 2 is 2.06 bits per heavy atom. The van der Waals surface area contributed by atoms with Gasteiger partial charge in [-0.3, -0.25) is 4.79 Å². The van der Waals surface area contributed by atoms with Gasteiger partial charge in [0.1, 0.15) is 0 Å². The highest BCUT2D eigenvalue weighted by Gasteiger charge is 2.23. The molecule has 0 heterocycles. The molecule has 1 unspecified atom stereocenters. The molecular weight excluding hydrogens is 200 g/mol. The first-order valence-electron chi connectivity index (χ1n) is 6.68. The fourth-order valence-corrected chi connectivity index (χ4v) is 2.60. The van der Waals surface area contributed by atoms with E-state index in [1.165, 1.54) is 25.7 Å². The molecule has 1 fully saturated rings. The van der Waals surface area contributed by atoms with Crippen LogP contribution in [0.3, 0.4) is 0 Å². The minimum absolute atomic E-state index is 0.0285. The minimum Gasteiger partial charge on any atom is -0.353 e. The van der Waals surface area contributed by atoms with Gasteiger partial charge in [-0.15, -0.1) is 0 Å². The fourth-order valence-electron chi connectivity index (χ4n) is 2.60. The summed E-state index contributed by atoms with van der Waals surface area (Å²) in [5.41, 5.74) is 5.85. The first-order chi connectivity index (χ1) is 7.63. The predicted octanol–water partition coefficient (Wildman–Crippen LogP) is 2.20. The molecule has 0 spiro atoms. The van der Waals surface area contributed by atoms with Crippen LogP contribution in [0, 0.1) is 5.92 Å². The van der Waals surface area contributed by atoms with E-state index in [1.807, 2.05) is 0 Å². The van der Waals surface area contributed by atoms with Gasteiger partial charge in [0, 0.05) is 18.5 Å². The van der Waals surface area contributed by atoms with E-state index in [9.17, 15) is 4.79 Å². The smallest absolute Gasteiger partial charge is 0.221 e. The molecule has 0 bridgehead atoms. The summed E-state index contributed by atoms with van der Waals surface area (Å²) >= 11 is 0. The molecule has 94 valence electrons. The van der Waals surface area contributed by atoms with Crippen molar-refractivity contribution in [3.63, 3.8) is 0 Å². The van der Waals surface area contributed by atoms with E-state index in [-0.39, 0.29) is 11.9 Å². The standard InChI is InChI=1S/C13H26N2O/c1-3-6-12(14)9-13(16)15-10(2)11-7-4-5-8-11/h10-12H,3-9,14H2,1-2H3,(H,15,16)/t10-,12?/m0/s1. The van der Waals surface area contributed by atoms with Gasteiger partial charge >= 0.3 is 0 Å². The van der Waals surface area contributed by atoms with Crippen molar-refractivity contribution in [1.82, 2.24) is 5.32 Å². The molecule has 3 N–H and O–H groups in total. The van der Waals surface area contributed by atoms with Crippen molar-refractivity contribution in [1.29, 1.82) is 0 Å². The zero-order valence-corrected chi connectivity index (χ0v) is 10.7. The molecule has 1 amide bonds. The maximum Gasteiger partial charge on any atom is 0.221 e. The Bertz CT molecular complexity index is 212. The quantitative estimate of drug-likeness (QED) is 0.729. The van der Waals surface area contributed by atoms with Gasteiger partial charge in [0.25, 0.3) is 0 Å². The lowest BCUT2D eigenvalue weighted by molar-refractivity contribution is -0.122. The topological polar surface area (TPSA) is 55.1 Å². The van der Waals surface area contributed by atoms with Crippen LogP contribution < -0.4 is 11.1 Å². The number of carbonyl (C=O) groups excluding carboxylic acids is 1. The monoisotopic (exact) mass is 226 g/mol. The lowest BCUT2D eigenvalue weighted by atomic mass is 9.99. The molecule has 0 aromatic rings. The van der Waals surface area contributed by atoms with Crippen LogP contribution in [0.25, 0.3) is 0 Å². The van der Waals surface area contributed by atoms with Crippen molar-refractivity contribution in [3.8, 4) is 0 Å². The maximum atomic E-state index is 11.7. The normalized spacial score (nSPS) is 20.7. The van der Waals surface area contributed by atoms with E-state index < -0.39 is 0 Å². The number of hydrogen-bond donors (Lipinski definition) is 2. The fraction of sp³-hybridized carbons (Fsp3) is 0.923. The van der Waals surface area contributed by atoms with Gasteiger partial charge in [-0.1, -0.05) is 26.2 Å². The highest BCUT2D eigenvalue weighted by atomic mass is 16.1. The van der Waals surface area contributed by atoms with E-state index in [0.29, 0.717) is 18.4 Å². The average Bonchev–Trinajstić information content (AvgIpc) is 2.69. The van der Waals surface area contributed by atoms with Gasteiger partial charge in [-0.25, -0.2) is 0 Å². The van der Waals surface area contributed by atoms with Crippen LogP contribution in [0.5, 0.6) is 0 Å². The third-order valence-corrected chi connectivity index (χ3v) is 3.60. The Balaban J connectivity index is 2.22. The summed E-state index contributed by atoms with van der Waals surface area (Å²) in [4.78, 5) is 11.7. The summed E-state index contributed by atoms with van der Waals surface area (Å²) in [6, 6.07) is 0.351. The average molecular weight is 226 g/mol. The van der Waals surface area contributed by atoms with Gasteiger partial charge in [-0.05, 0) is 32.1 Å². The highest BCUT2D eigenvalue weighted by Crippen LogP contribution is 2.27. The number of nitrogens with two attached hydrogens (primary N) is 1. The molecule has 0 radical (unpaired) electrons. The van der Waals surface area contributed by atoms with Crippen LogP contribution in [-0.2, 0) is 4.79 Å². The number of rotatable bonds is 6. The van der Waals surface area contributed by atoms with Gasteiger partial charge in [0.05, 0.1) is 0 Å². The van der Waals surface area contributed by atoms with Crippen molar-refractivity contribution in [2.24, 2.45) is 11.7 Å². The van der Waals surface area contributed by atoms with Crippen molar-refractivity contribution in [2.45, 2.75) is 70.9 Å². The molecule has 16 heavy (non-hydrogen) atoms. The zero-order chi connectivity index (χ0) is 12.0. The molecule has 2 atom stereocenters. The number of amides is 1. The first kappa shape index (κ1) is 13.5. The van der Waals surface area contributed by atoms with E-state index >= 15 is 0 Å². The third kappa shape index (κ3) is 4.52. The van der Waals surface area contributed by atoms with Gasteiger partial charge in [-0.2, -0.15) is 0 Å². The molecule has 1 aliphatic carbocycles. The summed E-state index contributed by atoms with van der Waals surface area (Å²) in [6.45, 7) is 4.22. The number of carbonyl (C=O) groups is 1. The Labute approximate surface area is 99.2 Å². The molecule has 3 nitrogen and oxygen atoms in total. The third-order valence-electron chi connectivity index (χ3n) is 3.60. The zero-order valence-electron chi connectivity index (χ0n) is 10.7. The van der Waals surface area contributed by atoms with Crippen LogP contribution in [-0.4, -0.2) is 18.0 Å². The number of hydrogen-bond acceptors (Lipinski definition) is 2. The molecule has 0 aromatic carbocycles. The summed E-state index contributed by atoms with van der Waals surface area (Å²) < 4.78 is 0. The summed E-state index contributed by atoms with van der Waals surface area (Å²) in [5.74, 6) is 0.812. The van der Waals surface area contributed by atoms with Crippen molar-refractivity contribution in [3.05, 3.63) is 0 Å². The lowest BCUT2D eigenvalue weighted by Gasteiger charge is -2.21. The molecule has 0 aromatic heterocycles. The first-order valence-corrected chi connectivity index (χ1v) is 6.68. The van der Waals surface area contributed by atoms with E-state index in [2.05, 4.69) is 19.2 Å². The Kier molecular flexibility index (Phi) is 5.81. The molecule has 0 aliphatic heterocycles. The maximum absolute atomic E-state index is 11.7. The van der Waals surface area contributed by atoms with Crippen LogP contribution in [0.2, 0.25) is 0 Å². The second kappa shape index (κ2) is 6.89. The summed E-state index contributed by atoms with van der Waals surface area (Å²) in [6.07, 6.45) is 7.63. The molecule has 1 saturated carbocycles. The number of nitrogens with one attached hydrogen (secondary N) is 1. The summed E-state index contributed by atoms with van der Waals surface area (Å²) in [5, 5.41) is 3.09. The van der Waals surface area contributed by atoms with Crippen LogP contribution >= 0.6 is 0 Å². The van der Waals surface area contributed by atoms with Crippen LogP contribution in [0.15, 0.2) is 0 Å². The van der Waals surface area contributed by atoms with Crippen LogP contribution in [0.1, 0.15) is 58.8 Å². The molecular formula is C13H26N2O. The molecule has 0 saturated heterocycles. The SMILES string of the molecule is CCCC(N)CC(=O)N[C@@H](C)C1CCCC1. The van der Waals surface area contributed by atoms with Crippen molar-refractivity contribution in [2.75, 3.05) is 0 Å². The van der Waals surface area contributed by atoms with Crippen molar-refractivity contribution < 1.29 is 4.79 Å². The minimum atomic E-state index is 0.0285. The molecule has 1 rings (SSSR count). The lowest BCUT2D eigenvalue weighted by Crippen LogP contribution is -2.40. The Hall–Kier alpha value is -0.570. The Morgan fingerprint density at radius 3 is 2.62 bits per heavy atom. The second-order valence-corrected chi connectivity index (χ2v) is 5.15. The second-order valence-electron chi connectivity index (χ2n) is 5.15. The van der Waals surface area contributed by atoms with Gasteiger partial charge < -0.3 is 11.1 Å². The predicted molar refractivity (Wildman–Crippen MR) is 67.1 cm³/mol. The summed E-state index contributed by atoms with van der Waals surface area (Å²) in [7, 11) is 0. The highest BCUT2D eigenvalue weighted by molar-refractivity contribution is 5.76. The van der Waals surface area contributed by atoms with E-state index in [4.69, 9.17) is 5.73 Å². The molecule has 1 aliphatic rings. The molecule has 3 heteroatoms. The van der Waals surface area contributed by atoms with E-state index in [1.54, 1.807) is 0 Å². The largest absolute Gasteiger partial charge is 0.353 e. The Morgan fingerprint density at radius 1 is 1.44 bits per heavy atom.